The van der Waals surface area contributed by atoms with Crippen molar-refractivity contribution in [2.45, 2.75) is 13.5 Å². The van der Waals surface area contributed by atoms with Crippen LogP contribution >= 0.6 is 39.3 Å². The third-order valence-corrected chi connectivity index (χ3v) is 6.51. The molecule has 1 aliphatic heterocycles. The van der Waals surface area contributed by atoms with Crippen LogP contribution in [0.15, 0.2) is 81.1 Å². The Labute approximate surface area is 220 Å². The normalized spacial score (nSPS) is 15.3. The van der Waals surface area contributed by atoms with Crippen molar-refractivity contribution in [1.29, 1.82) is 0 Å². The van der Waals surface area contributed by atoms with Crippen molar-refractivity contribution in [2.24, 2.45) is 4.99 Å². The quantitative estimate of drug-likeness (QED) is 0.329. The number of aliphatic imine (C=N–C) groups is 1. The van der Waals surface area contributed by atoms with Crippen molar-refractivity contribution in [2.75, 3.05) is 6.61 Å². The molecule has 3 aromatic carbocycles. The van der Waals surface area contributed by atoms with Gasteiger partial charge in [0.2, 0.25) is 0 Å². The van der Waals surface area contributed by atoms with Gasteiger partial charge in [-0.05, 0) is 88.2 Å². The molecule has 0 spiro atoms. The van der Waals surface area contributed by atoms with E-state index in [0.717, 1.165) is 22.9 Å². The summed E-state index contributed by atoms with van der Waals surface area (Å²) in [6.45, 7) is 2.63. The fourth-order valence-electron chi connectivity index (χ4n) is 3.23. The van der Waals surface area contributed by atoms with E-state index >= 15 is 0 Å². The smallest absolute Gasteiger partial charge is 0.279 e. The number of hydrogen-bond acceptors (Lipinski definition) is 5. The number of amidine groups is 1. The highest BCUT2D eigenvalue weighted by Crippen LogP contribution is 2.39. The van der Waals surface area contributed by atoms with Gasteiger partial charge in [0.05, 0.1) is 16.0 Å². The molecule has 0 saturated carbocycles. The minimum absolute atomic E-state index is 0.237. The summed E-state index contributed by atoms with van der Waals surface area (Å²) >= 11 is 10.7. The van der Waals surface area contributed by atoms with Crippen LogP contribution in [0.2, 0.25) is 5.02 Å². The highest BCUT2D eigenvalue weighted by molar-refractivity contribution is 9.10. The van der Waals surface area contributed by atoms with Gasteiger partial charge < -0.3 is 14.8 Å². The summed E-state index contributed by atoms with van der Waals surface area (Å²) in [5.74, 6) is 0.336. The predicted molar refractivity (Wildman–Crippen MR) is 143 cm³/mol. The molecule has 3 aromatic rings. The van der Waals surface area contributed by atoms with E-state index in [-0.39, 0.29) is 11.1 Å². The van der Waals surface area contributed by atoms with Crippen LogP contribution in [0.25, 0.3) is 6.08 Å². The lowest BCUT2D eigenvalue weighted by molar-refractivity contribution is -0.115. The Balaban J connectivity index is 1.54. The number of benzene rings is 3. The lowest BCUT2D eigenvalue weighted by Gasteiger charge is -2.15. The Morgan fingerprint density at radius 1 is 1.11 bits per heavy atom. The number of carbonyl (C=O) groups is 2. The maximum absolute atomic E-state index is 12.5. The molecule has 4 rings (SSSR count). The number of halogens is 2. The molecule has 0 aliphatic carbocycles. The molecule has 0 bridgehead atoms. The molecule has 0 unspecified atom stereocenters. The van der Waals surface area contributed by atoms with Gasteiger partial charge in [-0.25, -0.2) is 0 Å². The molecule has 1 saturated heterocycles. The number of hydrogen-bond donors (Lipinski definition) is 1. The predicted octanol–water partition coefficient (Wildman–Crippen LogP) is 6.48. The van der Waals surface area contributed by atoms with E-state index in [1.807, 2.05) is 37.3 Å². The molecule has 1 heterocycles. The lowest BCUT2D eigenvalue weighted by atomic mass is 10.1. The van der Waals surface area contributed by atoms with Gasteiger partial charge in [0.1, 0.15) is 6.61 Å². The molecule has 1 fully saturated rings. The summed E-state index contributed by atoms with van der Waals surface area (Å²) in [5, 5.41) is 3.51. The summed E-state index contributed by atoms with van der Waals surface area (Å²) in [4.78, 5) is 29.3. The first-order valence-electron chi connectivity index (χ1n) is 10.7. The van der Waals surface area contributed by atoms with Crippen LogP contribution in [0, 0.1) is 0 Å². The Kier molecular flexibility index (Phi) is 8.28. The Morgan fingerprint density at radius 2 is 1.91 bits per heavy atom. The molecule has 6 nitrogen and oxygen atoms in total. The minimum atomic E-state index is -0.419. The monoisotopic (exact) mass is 570 g/mol. The van der Waals surface area contributed by atoms with E-state index in [4.69, 9.17) is 21.1 Å². The number of nitrogens with one attached hydrogen (secondary N) is 1. The van der Waals surface area contributed by atoms with Crippen molar-refractivity contribution in [1.82, 2.24) is 5.32 Å². The second kappa shape index (κ2) is 11.6. The van der Waals surface area contributed by atoms with Crippen molar-refractivity contribution in [3.8, 4) is 11.5 Å². The van der Waals surface area contributed by atoms with E-state index in [1.165, 1.54) is 0 Å². The number of amides is 2. The van der Waals surface area contributed by atoms with Crippen LogP contribution in [0.4, 0.5) is 0 Å². The summed E-state index contributed by atoms with van der Waals surface area (Å²) in [6.07, 6.45) is 1.71. The first-order chi connectivity index (χ1) is 16.9. The maximum Gasteiger partial charge on any atom is 0.279 e. The van der Waals surface area contributed by atoms with Gasteiger partial charge in [-0.3, -0.25) is 9.59 Å². The molecule has 0 aromatic heterocycles. The van der Waals surface area contributed by atoms with Gasteiger partial charge in [-0.2, -0.15) is 4.99 Å². The van der Waals surface area contributed by atoms with Crippen molar-refractivity contribution in [3.63, 3.8) is 0 Å². The Bertz CT molecular complexity index is 1330. The zero-order valence-corrected chi connectivity index (χ0v) is 21.7. The molecular weight excluding hydrogens is 552 g/mol. The van der Waals surface area contributed by atoms with Gasteiger partial charge in [0, 0.05) is 10.6 Å². The maximum atomic E-state index is 12.5. The molecule has 1 aliphatic rings. The van der Waals surface area contributed by atoms with Crippen molar-refractivity contribution >= 4 is 62.4 Å². The zero-order chi connectivity index (χ0) is 24.8. The summed E-state index contributed by atoms with van der Waals surface area (Å²) in [7, 11) is 0. The standard InChI is InChI=1S/C26H20BrClN2O4S/c1-2-33-21-13-17(12-20(27)23(21)34-15-16-7-6-10-19(28)11-16)14-22-25(32)30-26(35-22)29-24(31)18-8-4-3-5-9-18/h3-14H,2,15H2,1H3,(H,29,30,31,32)/b22-14-. The highest BCUT2D eigenvalue weighted by atomic mass is 79.9. The van der Waals surface area contributed by atoms with Crippen molar-refractivity contribution in [3.05, 3.63) is 97.8 Å². The third kappa shape index (κ3) is 6.54. The second-order valence-electron chi connectivity index (χ2n) is 7.33. The number of rotatable bonds is 7. The van der Waals surface area contributed by atoms with Gasteiger partial charge in [-0.15, -0.1) is 0 Å². The molecule has 1 N–H and O–H groups in total. The van der Waals surface area contributed by atoms with Crippen molar-refractivity contribution < 1.29 is 19.1 Å². The molecule has 35 heavy (non-hydrogen) atoms. The second-order valence-corrected chi connectivity index (χ2v) is 9.66. The molecule has 0 atom stereocenters. The summed E-state index contributed by atoms with van der Waals surface area (Å²) in [6, 6.07) is 19.8. The molecule has 178 valence electrons. The summed E-state index contributed by atoms with van der Waals surface area (Å²) < 4.78 is 12.5. The average Bonchev–Trinajstić information content (AvgIpc) is 3.17. The largest absolute Gasteiger partial charge is 0.490 e. The van der Waals surface area contributed by atoms with Gasteiger partial charge in [0.15, 0.2) is 16.7 Å². The van der Waals surface area contributed by atoms with Crippen LogP contribution in [0.1, 0.15) is 28.4 Å². The fourth-order valence-corrected chi connectivity index (χ4v) is 4.83. The summed E-state index contributed by atoms with van der Waals surface area (Å²) in [5.41, 5.74) is 2.10. The Hall–Kier alpha value is -3.07. The van der Waals surface area contributed by atoms with Crippen LogP contribution < -0.4 is 14.8 Å². The van der Waals surface area contributed by atoms with Crippen LogP contribution in [0.5, 0.6) is 11.5 Å². The highest BCUT2D eigenvalue weighted by Gasteiger charge is 2.25. The first-order valence-corrected chi connectivity index (χ1v) is 12.6. The average molecular weight is 572 g/mol. The van der Waals surface area contributed by atoms with Crippen LogP contribution in [-0.4, -0.2) is 23.6 Å². The van der Waals surface area contributed by atoms with E-state index < -0.39 is 5.91 Å². The lowest BCUT2D eigenvalue weighted by Crippen LogP contribution is -2.20. The number of thioether (sulfide) groups is 1. The number of carbonyl (C=O) groups excluding carboxylic acids is 2. The van der Waals surface area contributed by atoms with E-state index in [1.54, 1.807) is 42.5 Å². The minimum Gasteiger partial charge on any atom is -0.490 e. The molecule has 2 amide bonds. The van der Waals surface area contributed by atoms with Gasteiger partial charge in [0.25, 0.3) is 11.8 Å². The molecule has 9 heteroatoms. The molecule has 0 radical (unpaired) electrons. The van der Waals surface area contributed by atoms with E-state index in [2.05, 4.69) is 26.2 Å². The zero-order valence-electron chi connectivity index (χ0n) is 18.6. The fraction of sp³-hybridized carbons (Fsp3) is 0.115. The van der Waals surface area contributed by atoms with E-state index in [0.29, 0.717) is 44.7 Å². The van der Waals surface area contributed by atoms with Gasteiger partial charge in [-0.1, -0.05) is 41.9 Å². The number of nitrogens with zero attached hydrogens (tertiary/aromatic N) is 1. The Morgan fingerprint density at radius 3 is 2.66 bits per heavy atom. The first kappa shape index (κ1) is 25.0. The van der Waals surface area contributed by atoms with Crippen LogP contribution in [-0.2, 0) is 11.4 Å². The molecular formula is C26H20BrClN2O4S. The topological polar surface area (TPSA) is 77.0 Å². The third-order valence-electron chi connectivity index (χ3n) is 4.78. The SMILES string of the molecule is CCOc1cc(/C=C2\SC(=NC(=O)c3ccccc3)NC2=O)cc(Br)c1OCc1cccc(Cl)c1. The number of ether oxygens (including phenoxy) is 2. The van der Waals surface area contributed by atoms with Crippen LogP contribution in [0.3, 0.4) is 0 Å². The van der Waals surface area contributed by atoms with Gasteiger partial charge >= 0.3 is 0 Å². The van der Waals surface area contributed by atoms with E-state index in [9.17, 15) is 9.59 Å².